The first-order valence-electron chi connectivity index (χ1n) is 6.42. The highest BCUT2D eigenvalue weighted by molar-refractivity contribution is 7.93. The van der Waals surface area contributed by atoms with Gasteiger partial charge in [-0.25, -0.2) is 8.42 Å². The van der Waals surface area contributed by atoms with Gasteiger partial charge >= 0.3 is 5.97 Å². The third-order valence-corrected chi connectivity index (χ3v) is 6.07. The van der Waals surface area contributed by atoms with Crippen LogP contribution >= 0.6 is 0 Å². The zero-order valence-electron chi connectivity index (χ0n) is 11.2. The van der Waals surface area contributed by atoms with E-state index < -0.39 is 26.3 Å². The molecule has 1 N–H and O–H groups in total. The number of carboxylic acids is 1. The number of rotatable bonds is 7. The van der Waals surface area contributed by atoms with Gasteiger partial charge in [-0.3, -0.25) is 4.79 Å². The Morgan fingerprint density at radius 1 is 1.16 bits per heavy atom. The van der Waals surface area contributed by atoms with Crippen LogP contribution in [0.1, 0.15) is 32.3 Å². The van der Waals surface area contributed by atoms with Crippen LogP contribution in [0.5, 0.6) is 0 Å². The van der Waals surface area contributed by atoms with Crippen molar-refractivity contribution in [2.24, 2.45) is 0 Å². The van der Waals surface area contributed by atoms with E-state index in [1.807, 2.05) is 6.07 Å². The van der Waals surface area contributed by atoms with Crippen LogP contribution in [-0.2, 0) is 21.1 Å². The van der Waals surface area contributed by atoms with E-state index in [4.69, 9.17) is 0 Å². The number of sulfone groups is 1. The van der Waals surface area contributed by atoms with Crippen LogP contribution in [0, 0.1) is 0 Å². The van der Waals surface area contributed by atoms with Crippen LogP contribution in [0.3, 0.4) is 0 Å². The summed E-state index contributed by atoms with van der Waals surface area (Å²) < 4.78 is 24.7. The minimum Gasteiger partial charge on any atom is -0.480 e. The second-order valence-corrected chi connectivity index (χ2v) is 6.96. The Morgan fingerprint density at radius 2 is 1.68 bits per heavy atom. The van der Waals surface area contributed by atoms with E-state index in [9.17, 15) is 18.3 Å². The minimum atomic E-state index is -3.66. The van der Waals surface area contributed by atoms with Crippen molar-refractivity contribution in [2.75, 3.05) is 0 Å². The summed E-state index contributed by atoms with van der Waals surface area (Å²) in [6.45, 7) is 3.54. The third kappa shape index (κ3) is 3.80. The second-order valence-electron chi connectivity index (χ2n) is 4.54. The molecule has 1 unspecified atom stereocenters. The van der Waals surface area contributed by atoms with E-state index in [1.165, 1.54) is 0 Å². The zero-order chi connectivity index (χ0) is 14.5. The van der Waals surface area contributed by atoms with Crippen LogP contribution in [0.25, 0.3) is 0 Å². The molecule has 0 aromatic heterocycles. The minimum absolute atomic E-state index is 0.0228. The van der Waals surface area contributed by atoms with Gasteiger partial charge < -0.3 is 5.11 Å². The summed E-state index contributed by atoms with van der Waals surface area (Å²) in [7, 11) is -3.66. The number of aliphatic carboxylic acids is 1. The predicted octanol–water partition coefficient (Wildman–Crippen LogP) is 2.29. The lowest BCUT2D eigenvalue weighted by Gasteiger charge is -2.20. The molecule has 1 rings (SSSR count). The second kappa shape index (κ2) is 6.70. The van der Waals surface area contributed by atoms with Crippen molar-refractivity contribution in [1.82, 2.24) is 0 Å². The van der Waals surface area contributed by atoms with Gasteiger partial charge in [-0.1, -0.05) is 44.2 Å². The van der Waals surface area contributed by atoms with Crippen LogP contribution in [0.4, 0.5) is 0 Å². The Kier molecular flexibility index (Phi) is 5.54. The highest BCUT2D eigenvalue weighted by Gasteiger charge is 2.37. The smallest absolute Gasteiger partial charge is 0.322 e. The van der Waals surface area contributed by atoms with Crippen LogP contribution in [0.2, 0.25) is 0 Å². The summed E-state index contributed by atoms with van der Waals surface area (Å²) >= 11 is 0. The van der Waals surface area contributed by atoms with Crippen LogP contribution in [0.15, 0.2) is 30.3 Å². The molecule has 0 bridgehead atoms. The molecule has 0 aliphatic heterocycles. The number of hydrogen-bond acceptors (Lipinski definition) is 3. The number of hydrogen-bond donors (Lipinski definition) is 1. The lowest BCUT2D eigenvalue weighted by Crippen LogP contribution is -2.38. The average molecular weight is 284 g/mol. The molecular weight excluding hydrogens is 264 g/mol. The van der Waals surface area contributed by atoms with Crippen molar-refractivity contribution in [2.45, 2.75) is 43.6 Å². The molecule has 0 amide bonds. The molecule has 19 heavy (non-hydrogen) atoms. The molecule has 5 heteroatoms. The first kappa shape index (κ1) is 15.7. The van der Waals surface area contributed by atoms with Gasteiger partial charge in [0.05, 0.1) is 5.25 Å². The SMILES string of the molecule is CCC(CC)S(=O)(=O)C(Cc1ccccc1)C(=O)O. The van der Waals surface area contributed by atoms with E-state index in [-0.39, 0.29) is 6.42 Å². The van der Waals surface area contributed by atoms with Gasteiger partial charge in [0.1, 0.15) is 0 Å². The molecule has 0 spiro atoms. The van der Waals surface area contributed by atoms with E-state index in [0.29, 0.717) is 12.8 Å². The lowest BCUT2D eigenvalue weighted by atomic mass is 10.1. The maximum atomic E-state index is 12.4. The molecule has 0 aliphatic carbocycles. The lowest BCUT2D eigenvalue weighted by molar-refractivity contribution is -0.136. The van der Waals surface area contributed by atoms with Gasteiger partial charge in [-0.05, 0) is 24.8 Å². The normalized spacial score (nSPS) is 13.4. The standard InChI is InChI=1S/C14H20O4S/c1-3-12(4-2)19(17,18)13(14(15)16)10-11-8-6-5-7-9-11/h5-9,12-13H,3-4,10H2,1-2H3,(H,15,16). The number of benzene rings is 1. The van der Waals surface area contributed by atoms with Gasteiger partial charge in [0.2, 0.25) is 0 Å². The Balaban J connectivity index is 3.05. The Morgan fingerprint density at radius 3 is 2.11 bits per heavy atom. The van der Waals surface area contributed by atoms with Gasteiger partial charge in [0.15, 0.2) is 15.1 Å². The molecule has 1 aromatic carbocycles. The summed E-state index contributed by atoms with van der Waals surface area (Å²) in [5, 5.41) is 7.28. The number of carbonyl (C=O) groups is 1. The predicted molar refractivity (Wildman–Crippen MR) is 74.9 cm³/mol. The molecule has 0 aliphatic rings. The summed E-state index contributed by atoms with van der Waals surface area (Å²) in [5.41, 5.74) is 0.726. The maximum Gasteiger partial charge on any atom is 0.322 e. The topological polar surface area (TPSA) is 71.4 Å². The van der Waals surface area contributed by atoms with Crippen molar-refractivity contribution in [3.63, 3.8) is 0 Å². The highest BCUT2D eigenvalue weighted by Crippen LogP contribution is 2.20. The monoisotopic (exact) mass is 284 g/mol. The Hall–Kier alpha value is -1.36. The summed E-state index contributed by atoms with van der Waals surface area (Å²) in [4.78, 5) is 11.3. The van der Waals surface area contributed by atoms with Gasteiger partial charge in [0, 0.05) is 0 Å². The number of carboxylic acid groups (broad SMARTS) is 1. The quantitative estimate of drug-likeness (QED) is 0.834. The largest absolute Gasteiger partial charge is 0.480 e. The fourth-order valence-corrected chi connectivity index (χ4v) is 4.26. The molecule has 106 valence electrons. The van der Waals surface area contributed by atoms with E-state index >= 15 is 0 Å². The highest BCUT2D eigenvalue weighted by atomic mass is 32.2. The van der Waals surface area contributed by atoms with E-state index in [0.717, 1.165) is 5.56 Å². The molecular formula is C14H20O4S. The molecule has 0 saturated carbocycles. The van der Waals surface area contributed by atoms with Crippen molar-refractivity contribution >= 4 is 15.8 Å². The molecule has 1 atom stereocenters. The van der Waals surface area contributed by atoms with Crippen molar-refractivity contribution in [3.8, 4) is 0 Å². The maximum absolute atomic E-state index is 12.4. The fraction of sp³-hybridized carbons (Fsp3) is 0.500. The average Bonchev–Trinajstić information content (AvgIpc) is 2.37. The molecule has 1 aromatic rings. The first-order chi connectivity index (χ1) is 8.93. The van der Waals surface area contributed by atoms with Crippen LogP contribution in [-0.4, -0.2) is 30.0 Å². The van der Waals surface area contributed by atoms with Gasteiger partial charge in [0.25, 0.3) is 0 Å². The summed E-state index contributed by atoms with van der Waals surface area (Å²) in [6.07, 6.45) is 0.907. The van der Waals surface area contributed by atoms with Crippen molar-refractivity contribution in [3.05, 3.63) is 35.9 Å². The van der Waals surface area contributed by atoms with Gasteiger partial charge in [-0.2, -0.15) is 0 Å². The van der Waals surface area contributed by atoms with E-state index in [1.54, 1.807) is 38.1 Å². The first-order valence-corrected chi connectivity index (χ1v) is 8.03. The van der Waals surface area contributed by atoms with Crippen molar-refractivity contribution in [1.29, 1.82) is 0 Å². The van der Waals surface area contributed by atoms with Crippen molar-refractivity contribution < 1.29 is 18.3 Å². The molecule has 0 radical (unpaired) electrons. The molecule has 0 saturated heterocycles. The molecule has 4 nitrogen and oxygen atoms in total. The summed E-state index contributed by atoms with van der Waals surface area (Å²) in [5.74, 6) is -1.27. The third-order valence-electron chi connectivity index (χ3n) is 3.31. The fourth-order valence-electron chi connectivity index (χ4n) is 2.16. The van der Waals surface area contributed by atoms with Crippen LogP contribution < -0.4 is 0 Å². The zero-order valence-corrected chi connectivity index (χ0v) is 12.1. The Labute approximate surface area is 114 Å². The summed E-state index contributed by atoms with van der Waals surface area (Å²) in [6, 6.07) is 8.86. The van der Waals surface area contributed by atoms with Gasteiger partial charge in [-0.15, -0.1) is 0 Å². The van der Waals surface area contributed by atoms with E-state index in [2.05, 4.69) is 0 Å². The Bertz CT molecular complexity index is 504. The molecule has 0 fully saturated rings. The molecule has 0 heterocycles.